The number of fused-ring (bicyclic) bond motifs is 1. The molecule has 0 unspecified atom stereocenters. The van der Waals surface area contributed by atoms with Crippen molar-refractivity contribution in [2.45, 2.75) is 26.1 Å². The molecule has 2 amide bonds. The minimum Gasteiger partial charge on any atom is -0.445 e. The first kappa shape index (κ1) is 36.1. The Morgan fingerprint density at radius 2 is 0.855 bits per heavy atom. The molecule has 9 nitrogen and oxygen atoms in total. The van der Waals surface area contributed by atoms with Crippen LogP contribution in [0.5, 0.6) is 0 Å². The van der Waals surface area contributed by atoms with Crippen LogP contribution in [0.1, 0.15) is 96.6 Å². The quantitative estimate of drug-likeness (QED) is 0.0738. The van der Waals surface area contributed by atoms with E-state index in [0.29, 0.717) is 22.3 Å². The maximum Gasteiger partial charge on any atom is 0.339 e. The fraction of sp³-hybridized carbons (Fsp3) is 0.0870. The van der Waals surface area contributed by atoms with E-state index in [2.05, 4.69) is 0 Å². The molecule has 0 saturated carbocycles. The molecule has 0 N–H and O–H groups in total. The Hall–Kier alpha value is -7.26. The number of hydrogen-bond donors (Lipinski definition) is 0. The van der Waals surface area contributed by atoms with E-state index in [1.807, 2.05) is 13.8 Å². The van der Waals surface area contributed by atoms with Gasteiger partial charge in [0.1, 0.15) is 0 Å². The van der Waals surface area contributed by atoms with Crippen LogP contribution in [0.25, 0.3) is 0 Å². The number of carbonyl (C=O) groups is 6. The minimum absolute atomic E-state index is 0.0226. The molecule has 2 atom stereocenters. The molecule has 6 aromatic rings. The normalized spacial score (nSPS) is 13.1. The Bertz CT molecular complexity index is 2440. The first-order chi connectivity index (χ1) is 26.6. The van der Waals surface area contributed by atoms with Crippen LogP contribution in [-0.2, 0) is 9.47 Å². The Labute approximate surface area is 316 Å². The van der Waals surface area contributed by atoms with Crippen LogP contribution >= 0.6 is 0 Å². The number of ether oxygens (including phenoxy) is 2. The molecule has 270 valence electrons. The van der Waals surface area contributed by atoms with E-state index in [9.17, 15) is 28.8 Å². The number of esters is 2. The number of carbonyl (C=O) groups excluding carboxylic acids is 6. The number of anilines is 1. The molecular weight excluding hydrogens is 695 g/mol. The second-order valence-electron chi connectivity index (χ2n) is 13.1. The summed E-state index contributed by atoms with van der Waals surface area (Å²) >= 11 is 0. The van der Waals surface area contributed by atoms with Crippen molar-refractivity contribution in [3.8, 4) is 0 Å². The molecule has 6 aromatic carbocycles. The van der Waals surface area contributed by atoms with E-state index < -0.39 is 41.7 Å². The number of aryl methyl sites for hydroxylation is 2. The highest BCUT2D eigenvalue weighted by Gasteiger charge is 2.38. The molecule has 0 radical (unpaired) electrons. The lowest BCUT2D eigenvalue weighted by molar-refractivity contribution is 0.0278. The van der Waals surface area contributed by atoms with Gasteiger partial charge in [-0.3, -0.25) is 19.2 Å². The number of hydrogen-bond acceptors (Lipinski definition) is 8. The summed E-state index contributed by atoms with van der Waals surface area (Å²) in [6.07, 6.45) is -2.47. The summed E-state index contributed by atoms with van der Waals surface area (Å²) in [5.74, 6) is -3.75. The molecule has 0 saturated heterocycles. The van der Waals surface area contributed by atoms with Crippen molar-refractivity contribution in [1.29, 1.82) is 0 Å². The number of amides is 2. The molecule has 0 aliphatic carbocycles. The van der Waals surface area contributed by atoms with Gasteiger partial charge in [0.2, 0.25) is 11.6 Å². The average molecular weight is 728 g/mol. The molecule has 0 aromatic heterocycles. The van der Waals surface area contributed by atoms with Crippen LogP contribution in [-0.4, -0.2) is 35.3 Å². The molecule has 0 spiro atoms. The van der Waals surface area contributed by atoms with Crippen LogP contribution in [0.3, 0.4) is 0 Å². The van der Waals surface area contributed by atoms with Crippen molar-refractivity contribution < 1.29 is 38.2 Å². The molecule has 9 heteroatoms. The molecule has 1 aliphatic rings. The van der Waals surface area contributed by atoms with E-state index in [0.717, 1.165) is 16.0 Å². The molecule has 1 aliphatic heterocycles. The van der Waals surface area contributed by atoms with E-state index >= 15 is 0 Å². The van der Waals surface area contributed by atoms with Crippen LogP contribution in [0.15, 0.2) is 152 Å². The zero-order valence-corrected chi connectivity index (χ0v) is 29.8. The van der Waals surface area contributed by atoms with Gasteiger partial charge in [-0.15, -0.1) is 0 Å². The predicted octanol–water partition coefficient (Wildman–Crippen LogP) is 8.67. The molecule has 0 bridgehead atoms. The number of Topliss-reactive ketones (excluding diaryl/α,β-unsaturated/α-hetero) is 2. The van der Waals surface area contributed by atoms with Gasteiger partial charge in [-0.1, -0.05) is 120 Å². The van der Waals surface area contributed by atoms with Gasteiger partial charge in [-0.2, -0.15) is 0 Å². The third-order valence-electron chi connectivity index (χ3n) is 9.29. The first-order valence-corrected chi connectivity index (χ1v) is 17.5. The van der Waals surface area contributed by atoms with Gasteiger partial charge in [-0.05, 0) is 56.3 Å². The van der Waals surface area contributed by atoms with Gasteiger partial charge in [0.25, 0.3) is 11.8 Å². The first-order valence-electron chi connectivity index (χ1n) is 17.5. The van der Waals surface area contributed by atoms with E-state index in [1.165, 1.54) is 42.5 Å². The summed E-state index contributed by atoms with van der Waals surface area (Å²) < 4.78 is 11.5. The van der Waals surface area contributed by atoms with Crippen molar-refractivity contribution in [1.82, 2.24) is 0 Å². The third-order valence-corrected chi connectivity index (χ3v) is 9.29. The maximum atomic E-state index is 13.7. The fourth-order valence-electron chi connectivity index (χ4n) is 6.24. The summed E-state index contributed by atoms with van der Waals surface area (Å²) in [7, 11) is 0. The lowest BCUT2D eigenvalue weighted by Gasteiger charge is -2.18. The highest BCUT2D eigenvalue weighted by molar-refractivity contribution is 6.34. The highest BCUT2D eigenvalue weighted by atomic mass is 16.6. The smallest absolute Gasteiger partial charge is 0.339 e. The maximum absolute atomic E-state index is 13.7. The second kappa shape index (κ2) is 15.4. The number of rotatable bonds is 11. The lowest BCUT2D eigenvalue weighted by Crippen LogP contribution is -2.29. The van der Waals surface area contributed by atoms with Crippen LogP contribution < -0.4 is 4.90 Å². The van der Waals surface area contributed by atoms with Gasteiger partial charge >= 0.3 is 11.9 Å². The average Bonchev–Trinajstić information content (AvgIpc) is 3.47. The van der Waals surface area contributed by atoms with Gasteiger partial charge in [0, 0.05) is 22.3 Å². The molecule has 0 fully saturated rings. The SMILES string of the molecule is Cc1ccc(C(=O)[C@@H](OC(=O)c2ccc(N3C(=O)c4ccc(C(=O)O[C@@H](C(=O)c5ccc(C)cc5)c5ccccc5)cc4C3=O)cc2)c2ccccc2)cc1. The van der Waals surface area contributed by atoms with Gasteiger partial charge in [0.15, 0.2) is 12.2 Å². The van der Waals surface area contributed by atoms with Crippen LogP contribution in [0, 0.1) is 13.8 Å². The molecular formula is C46H33NO8. The van der Waals surface area contributed by atoms with Crippen LogP contribution in [0.4, 0.5) is 5.69 Å². The van der Waals surface area contributed by atoms with E-state index in [4.69, 9.17) is 9.47 Å². The Morgan fingerprint density at radius 3 is 1.33 bits per heavy atom. The Morgan fingerprint density at radius 1 is 0.455 bits per heavy atom. The highest BCUT2D eigenvalue weighted by Crippen LogP contribution is 2.32. The summed E-state index contributed by atoms with van der Waals surface area (Å²) in [5, 5.41) is 0. The van der Waals surface area contributed by atoms with Gasteiger partial charge in [0.05, 0.1) is 27.9 Å². The Kier molecular flexibility index (Phi) is 10.1. The zero-order valence-electron chi connectivity index (χ0n) is 29.8. The lowest BCUT2D eigenvalue weighted by atomic mass is 9.99. The minimum atomic E-state index is -1.26. The Balaban J connectivity index is 1.08. The predicted molar refractivity (Wildman–Crippen MR) is 204 cm³/mol. The van der Waals surface area contributed by atoms with Crippen molar-refractivity contribution in [2.24, 2.45) is 0 Å². The van der Waals surface area contributed by atoms with Crippen molar-refractivity contribution >= 4 is 41.0 Å². The van der Waals surface area contributed by atoms with E-state index in [1.54, 1.807) is 109 Å². The van der Waals surface area contributed by atoms with E-state index in [-0.39, 0.29) is 33.7 Å². The summed E-state index contributed by atoms with van der Waals surface area (Å²) in [6, 6.07) is 40.9. The summed E-state index contributed by atoms with van der Waals surface area (Å²) in [4.78, 5) is 82.1. The van der Waals surface area contributed by atoms with Crippen molar-refractivity contribution in [3.05, 3.63) is 207 Å². The molecule has 7 rings (SSSR count). The summed E-state index contributed by atoms with van der Waals surface area (Å²) in [5.41, 5.74) is 3.96. The largest absolute Gasteiger partial charge is 0.445 e. The third kappa shape index (κ3) is 7.49. The zero-order chi connectivity index (χ0) is 38.6. The number of benzene rings is 6. The topological polar surface area (TPSA) is 124 Å². The van der Waals surface area contributed by atoms with Crippen LogP contribution in [0.2, 0.25) is 0 Å². The molecule has 1 heterocycles. The van der Waals surface area contributed by atoms with Crippen molar-refractivity contribution in [3.63, 3.8) is 0 Å². The second-order valence-corrected chi connectivity index (χ2v) is 13.1. The number of imide groups is 1. The van der Waals surface area contributed by atoms with Gasteiger partial charge < -0.3 is 9.47 Å². The monoisotopic (exact) mass is 727 g/mol. The van der Waals surface area contributed by atoms with Crippen molar-refractivity contribution in [2.75, 3.05) is 4.90 Å². The van der Waals surface area contributed by atoms with Gasteiger partial charge in [-0.25, -0.2) is 14.5 Å². The standard InChI is InChI=1S/C46H33NO8/c1-28-13-17-30(18-14-28)39(48)41(32-9-5-3-6-10-32)54-45(52)34-21-24-36(25-22-34)47-43(50)37-26-23-35(27-38(37)44(47)51)46(53)55-42(33-11-7-4-8-12-33)40(49)31-19-15-29(2)16-20-31/h3-27,41-42H,1-2H3/t41-,42+/m0/s1. The number of ketones is 2. The summed E-state index contributed by atoms with van der Waals surface area (Å²) in [6.45, 7) is 3.80. The fourth-order valence-corrected chi connectivity index (χ4v) is 6.24. The number of nitrogens with zero attached hydrogens (tertiary/aromatic N) is 1. The molecule has 55 heavy (non-hydrogen) atoms.